The fraction of sp³-hybridized carbons (Fsp3) is 0.300. The van der Waals surface area contributed by atoms with Crippen molar-refractivity contribution in [1.82, 2.24) is 14.2 Å². The van der Waals surface area contributed by atoms with Crippen molar-refractivity contribution in [3.05, 3.63) is 52.3 Å². The first kappa shape index (κ1) is 21.1. The quantitative estimate of drug-likeness (QED) is 0.629. The molecule has 1 aliphatic rings. The number of anilines is 1. The molecule has 1 aliphatic heterocycles. The number of nitrogens with one attached hydrogen (secondary N) is 1. The third kappa shape index (κ3) is 4.33. The summed E-state index contributed by atoms with van der Waals surface area (Å²) < 4.78 is 27.2. The number of hydrogen-bond donors (Lipinski definition) is 1. The molecule has 1 amide bonds. The highest BCUT2D eigenvalue weighted by Crippen LogP contribution is 2.31. The SMILES string of the molecule is Cc1nc(-c2cccs2)sc1C(=O)Nc1ccc(S(=O)(=O)N2CCN(C)CC2)cc1. The Morgan fingerprint density at radius 3 is 2.43 bits per heavy atom. The number of nitrogens with zero attached hydrogens (tertiary/aromatic N) is 3. The van der Waals surface area contributed by atoms with Crippen LogP contribution in [-0.2, 0) is 10.0 Å². The van der Waals surface area contributed by atoms with Gasteiger partial charge in [0.1, 0.15) is 9.88 Å². The van der Waals surface area contributed by atoms with Crippen LogP contribution in [0.15, 0.2) is 46.7 Å². The van der Waals surface area contributed by atoms with E-state index in [2.05, 4.69) is 15.2 Å². The van der Waals surface area contributed by atoms with Gasteiger partial charge in [0.2, 0.25) is 10.0 Å². The van der Waals surface area contributed by atoms with Gasteiger partial charge >= 0.3 is 0 Å². The summed E-state index contributed by atoms with van der Waals surface area (Å²) in [6.45, 7) is 4.21. The first-order chi connectivity index (χ1) is 14.3. The molecule has 30 heavy (non-hydrogen) atoms. The minimum Gasteiger partial charge on any atom is -0.321 e. The lowest BCUT2D eigenvalue weighted by atomic mass is 10.3. The Kier molecular flexibility index (Phi) is 6.03. The van der Waals surface area contributed by atoms with Gasteiger partial charge in [0, 0.05) is 31.9 Å². The molecule has 0 atom stereocenters. The van der Waals surface area contributed by atoms with E-state index < -0.39 is 10.0 Å². The summed E-state index contributed by atoms with van der Waals surface area (Å²) in [6.07, 6.45) is 0. The minimum atomic E-state index is -3.52. The highest BCUT2D eigenvalue weighted by atomic mass is 32.2. The number of piperazine rings is 1. The van der Waals surface area contributed by atoms with Gasteiger partial charge in [0.15, 0.2) is 0 Å². The van der Waals surface area contributed by atoms with Crippen LogP contribution in [0.2, 0.25) is 0 Å². The van der Waals surface area contributed by atoms with Gasteiger partial charge < -0.3 is 10.2 Å². The van der Waals surface area contributed by atoms with Crippen molar-refractivity contribution in [2.75, 3.05) is 38.5 Å². The van der Waals surface area contributed by atoms with Crippen molar-refractivity contribution in [2.45, 2.75) is 11.8 Å². The maximum atomic E-state index is 12.8. The van der Waals surface area contributed by atoms with Crippen molar-refractivity contribution < 1.29 is 13.2 Å². The van der Waals surface area contributed by atoms with Gasteiger partial charge in [0.05, 0.1) is 15.5 Å². The lowest BCUT2D eigenvalue weighted by Gasteiger charge is -2.31. The molecular formula is C20H22N4O3S3. The Balaban J connectivity index is 1.47. The van der Waals surface area contributed by atoms with Crippen LogP contribution in [0.5, 0.6) is 0 Å². The van der Waals surface area contributed by atoms with Gasteiger partial charge in [-0.1, -0.05) is 6.07 Å². The Bertz CT molecular complexity index is 1130. The van der Waals surface area contributed by atoms with E-state index in [4.69, 9.17) is 0 Å². The van der Waals surface area contributed by atoms with Gasteiger partial charge in [-0.05, 0) is 49.7 Å². The fourth-order valence-electron chi connectivity index (χ4n) is 3.19. The van der Waals surface area contributed by atoms with Gasteiger partial charge in [-0.15, -0.1) is 22.7 Å². The van der Waals surface area contributed by atoms with Crippen LogP contribution in [0.1, 0.15) is 15.4 Å². The Hall–Kier alpha value is -2.11. The summed E-state index contributed by atoms with van der Waals surface area (Å²) in [7, 11) is -1.54. The molecule has 0 saturated carbocycles. The average Bonchev–Trinajstić information content (AvgIpc) is 3.38. The van der Waals surface area contributed by atoms with Crippen molar-refractivity contribution in [2.24, 2.45) is 0 Å². The first-order valence-corrected chi connectivity index (χ1v) is 12.6. The summed E-state index contributed by atoms with van der Waals surface area (Å²) in [5.41, 5.74) is 1.22. The van der Waals surface area contributed by atoms with Crippen molar-refractivity contribution >= 4 is 44.3 Å². The molecular weight excluding hydrogens is 440 g/mol. The number of rotatable bonds is 5. The van der Waals surface area contributed by atoms with E-state index in [1.807, 2.05) is 31.5 Å². The zero-order chi connectivity index (χ0) is 21.3. The number of benzene rings is 1. The maximum absolute atomic E-state index is 12.8. The lowest BCUT2D eigenvalue weighted by molar-refractivity contribution is 0.103. The molecule has 1 saturated heterocycles. The van der Waals surface area contributed by atoms with Crippen molar-refractivity contribution in [3.63, 3.8) is 0 Å². The smallest absolute Gasteiger partial charge is 0.267 e. The number of likely N-dealkylation sites (N-methyl/N-ethyl adjacent to an activating group) is 1. The topological polar surface area (TPSA) is 82.6 Å². The minimum absolute atomic E-state index is 0.235. The summed E-state index contributed by atoms with van der Waals surface area (Å²) in [4.78, 5) is 21.1. The number of aryl methyl sites for hydroxylation is 1. The van der Waals surface area contributed by atoms with Gasteiger partial charge in [-0.3, -0.25) is 4.79 Å². The van der Waals surface area contributed by atoms with E-state index in [0.717, 1.165) is 23.0 Å². The second-order valence-electron chi connectivity index (χ2n) is 7.10. The van der Waals surface area contributed by atoms with Crippen LogP contribution in [0.25, 0.3) is 9.88 Å². The van der Waals surface area contributed by atoms with Crippen LogP contribution in [-0.4, -0.2) is 61.7 Å². The molecule has 0 radical (unpaired) electrons. The summed E-state index contributed by atoms with van der Waals surface area (Å²) in [6, 6.07) is 10.3. The Morgan fingerprint density at radius 1 is 1.10 bits per heavy atom. The van der Waals surface area contributed by atoms with E-state index in [1.54, 1.807) is 35.6 Å². The predicted molar refractivity (Wildman–Crippen MR) is 121 cm³/mol. The molecule has 158 valence electrons. The molecule has 10 heteroatoms. The van der Waals surface area contributed by atoms with Gasteiger partial charge in [-0.25, -0.2) is 13.4 Å². The van der Waals surface area contributed by atoms with Crippen molar-refractivity contribution in [1.29, 1.82) is 0 Å². The molecule has 1 fully saturated rings. The number of aromatic nitrogens is 1. The van der Waals surface area contributed by atoms with Gasteiger partial charge in [-0.2, -0.15) is 4.31 Å². The standard InChI is InChI=1S/C20H22N4O3S3/c1-14-18(29-20(21-14)17-4-3-13-28-17)19(25)22-15-5-7-16(8-6-15)30(26,27)24-11-9-23(2)10-12-24/h3-8,13H,9-12H2,1-2H3,(H,22,25). The van der Waals surface area contributed by atoms with E-state index >= 15 is 0 Å². The van der Waals surface area contributed by atoms with Crippen LogP contribution in [0.3, 0.4) is 0 Å². The number of carbonyl (C=O) groups excluding carboxylic acids is 1. The molecule has 1 aromatic carbocycles. The largest absolute Gasteiger partial charge is 0.321 e. The van der Waals surface area contributed by atoms with Crippen LogP contribution in [0.4, 0.5) is 5.69 Å². The van der Waals surface area contributed by atoms with Crippen molar-refractivity contribution in [3.8, 4) is 9.88 Å². The first-order valence-electron chi connectivity index (χ1n) is 9.46. The third-order valence-electron chi connectivity index (χ3n) is 4.95. The molecule has 1 N–H and O–H groups in total. The average molecular weight is 463 g/mol. The zero-order valence-electron chi connectivity index (χ0n) is 16.7. The molecule has 0 unspecified atom stereocenters. The summed E-state index contributed by atoms with van der Waals surface area (Å²) >= 11 is 2.93. The highest BCUT2D eigenvalue weighted by molar-refractivity contribution is 7.89. The van der Waals surface area contributed by atoms with Gasteiger partial charge in [0.25, 0.3) is 5.91 Å². The molecule has 7 nitrogen and oxygen atoms in total. The molecule has 0 bridgehead atoms. The molecule has 4 rings (SSSR count). The molecule has 3 heterocycles. The molecule has 0 aliphatic carbocycles. The monoisotopic (exact) mass is 462 g/mol. The second kappa shape index (κ2) is 8.56. The number of amides is 1. The number of hydrogen-bond acceptors (Lipinski definition) is 7. The third-order valence-corrected chi connectivity index (χ3v) is 9.06. The van der Waals surface area contributed by atoms with Crippen LogP contribution < -0.4 is 5.32 Å². The van der Waals surface area contributed by atoms with E-state index in [0.29, 0.717) is 29.3 Å². The number of thiophene rings is 1. The highest BCUT2D eigenvalue weighted by Gasteiger charge is 2.27. The number of carbonyl (C=O) groups is 1. The van der Waals surface area contributed by atoms with E-state index in [9.17, 15) is 13.2 Å². The fourth-order valence-corrected chi connectivity index (χ4v) is 6.37. The summed E-state index contributed by atoms with van der Waals surface area (Å²) in [5.74, 6) is -0.248. The normalized spacial score (nSPS) is 15.9. The maximum Gasteiger partial charge on any atom is 0.267 e. The second-order valence-corrected chi connectivity index (χ2v) is 11.0. The Morgan fingerprint density at radius 2 is 1.80 bits per heavy atom. The summed E-state index contributed by atoms with van der Waals surface area (Å²) in [5, 5.41) is 5.64. The molecule has 0 spiro atoms. The van der Waals surface area contributed by atoms with Crippen LogP contribution >= 0.6 is 22.7 Å². The number of thiazole rings is 1. The van der Waals surface area contributed by atoms with E-state index in [-0.39, 0.29) is 10.8 Å². The Labute approximate surface area is 184 Å². The molecule has 2 aromatic heterocycles. The predicted octanol–water partition coefficient (Wildman–Crippen LogP) is 3.37. The van der Waals surface area contributed by atoms with E-state index in [1.165, 1.54) is 15.6 Å². The molecule has 3 aromatic rings. The van der Waals surface area contributed by atoms with Crippen LogP contribution in [0, 0.1) is 6.92 Å². The zero-order valence-corrected chi connectivity index (χ0v) is 19.1. The lowest BCUT2D eigenvalue weighted by Crippen LogP contribution is -2.46. The number of sulfonamides is 1.